The molecular formula is C16H23FN2O2. The minimum absolute atomic E-state index is 0.105. The van der Waals surface area contributed by atoms with E-state index in [1.165, 1.54) is 6.07 Å². The monoisotopic (exact) mass is 294 g/mol. The Kier molecular flexibility index (Phi) is 4.64. The lowest BCUT2D eigenvalue weighted by atomic mass is 9.86. The summed E-state index contributed by atoms with van der Waals surface area (Å²) in [6, 6.07) is 5.93. The lowest BCUT2D eigenvalue weighted by Crippen LogP contribution is -2.53. The van der Waals surface area contributed by atoms with E-state index in [1.807, 2.05) is 20.8 Å². The summed E-state index contributed by atoms with van der Waals surface area (Å²) in [5.74, 6) is -0.413. The number of amides is 1. The van der Waals surface area contributed by atoms with E-state index in [-0.39, 0.29) is 17.1 Å². The molecule has 0 saturated carbocycles. The van der Waals surface area contributed by atoms with Crippen molar-refractivity contribution in [2.75, 3.05) is 19.7 Å². The fourth-order valence-corrected chi connectivity index (χ4v) is 2.34. The van der Waals surface area contributed by atoms with Crippen molar-refractivity contribution in [2.45, 2.75) is 32.9 Å². The van der Waals surface area contributed by atoms with Gasteiger partial charge in [-0.15, -0.1) is 0 Å². The van der Waals surface area contributed by atoms with Crippen LogP contribution in [0.2, 0.25) is 0 Å². The van der Waals surface area contributed by atoms with Crippen molar-refractivity contribution in [3.63, 3.8) is 0 Å². The van der Waals surface area contributed by atoms with Crippen LogP contribution in [0.1, 0.15) is 32.4 Å². The maximum atomic E-state index is 13.8. The Morgan fingerprint density at radius 3 is 2.71 bits per heavy atom. The van der Waals surface area contributed by atoms with Gasteiger partial charge in [-0.2, -0.15) is 0 Å². The fourth-order valence-electron chi connectivity index (χ4n) is 2.34. The van der Waals surface area contributed by atoms with Crippen molar-refractivity contribution in [1.29, 1.82) is 0 Å². The normalized spacial score (nSPS) is 21.2. The van der Waals surface area contributed by atoms with Gasteiger partial charge in [-0.1, -0.05) is 39.0 Å². The van der Waals surface area contributed by atoms with Crippen molar-refractivity contribution >= 4 is 5.91 Å². The summed E-state index contributed by atoms with van der Waals surface area (Å²) in [5.41, 5.74) is 6.22. The molecule has 0 radical (unpaired) electrons. The highest BCUT2D eigenvalue weighted by Gasteiger charge is 2.34. The molecule has 1 fully saturated rings. The van der Waals surface area contributed by atoms with Crippen LogP contribution in [0.4, 0.5) is 4.39 Å². The molecule has 1 unspecified atom stereocenters. The summed E-state index contributed by atoms with van der Waals surface area (Å²) < 4.78 is 19.5. The first-order chi connectivity index (χ1) is 9.80. The predicted molar refractivity (Wildman–Crippen MR) is 79.1 cm³/mol. The van der Waals surface area contributed by atoms with Crippen LogP contribution in [0.25, 0.3) is 0 Å². The number of halogens is 1. The third kappa shape index (κ3) is 3.60. The first-order valence-corrected chi connectivity index (χ1v) is 7.21. The second kappa shape index (κ2) is 6.12. The molecule has 1 saturated heterocycles. The van der Waals surface area contributed by atoms with Gasteiger partial charge in [0.2, 0.25) is 5.91 Å². The van der Waals surface area contributed by atoms with Crippen LogP contribution < -0.4 is 5.73 Å². The topological polar surface area (TPSA) is 55.6 Å². The third-order valence-electron chi connectivity index (χ3n) is 3.83. The largest absolute Gasteiger partial charge is 0.370 e. The Bertz CT molecular complexity index is 513. The van der Waals surface area contributed by atoms with E-state index >= 15 is 0 Å². The summed E-state index contributed by atoms with van der Waals surface area (Å²) in [6.45, 7) is 7.03. The van der Waals surface area contributed by atoms with E-state index in [0.29, 0.717) is 25.3 Å². The van der Waals surface area contributed by atoms with Crippen LogP contribution in [-0.4, -0.2) is 36.5 Å². The zero-order chi connectivity index (χ0) is 15.6. The van der Waals surface area contributed by atoms with Crippen LogP contribution in [0, 0.1) is 11.2 Å². The first kappa shape index (κ1) is 15.9. The summed E-state index contributed by atoms with van der Waals surface area (Å²) in [6.07, 6.45) is -0.434. The second-order valence-corrected chi connectivity index (χ2v) is 6.51. The summed E-state index contributed by atoms with van der Waals surface area (Å²) in [7, 11) is 0. The zero-order valence-corrected chi connectivity index (χ0v) is 12.8. The minimum Gasteiger partial charge on any atom is -0.370 e. The number of morpholine rings is 1. The molecule has 1 aromatic carbocycles. The highest BCUT2D eigenvalue weighted by atomic mass is 19.1. The van der Waals surface area contributed by atoms with E-state index in [0.717, 1.165) is 0 Å². The van der Waals surface area contributed by atoms with Gasteiger partial charge in [-0.05, 0) is 11.5 Å². The smallest absolute Gasteiger partial charge is 0.240 e. The number of hydrogen-bond donors (Lipinski definition) is 1. The van der Waals surface area contributed by atoms with Crippen LogP contribution in [0.15, 0.2) is 24.3 Å². The van der Waals surface area contributed by atoms with Gasteiger partial charge in [0.1, 0.15) is 11.9 Å². The Balaban J connectivity index is 2.11. The Labute approximate surface area is 125 Å². The van der Waals surface area contributed by atoms with Crippen LogP contribution in [-0.2, 0) is 9.53 Å². The molecular weight excluding hydrogens is 271 g/mol. The Morgan fingerprint density at radius 2 is 2.10 bits per heavy atom. The molecule has 1 heterocycles. The molecule has 1 aliphatic rings. The van der Waals surface area contributed by atoms with Gasteiger partial charge < -0.3 is 15.4 Å². The number of rotatable bonds is 2. The molecule has 0 aliphatic carbocycles. The third-order valence-corrected chi connectivity index (χ3v) is 3.83. The maximum Gasteiger partial charge on any atom is 0.240 e. The lowest BCUT2D eigenvalue weighted by molar-refractivity contribution is -0.142. The number of nitrogens with zero attached hydrogens (tertiary/aromatic N) is 1. The highest BCUT2D eigenvalue weighted by molar-refractivity contribution is 5.82. The molecule has 4 nitrogen and oxygen atoms in total. The van der Waals surface area contributed by atoms with Gasteiger partial charge in [0, 0.05) is 12.1 Å². The van der Waals surface area contributed by atoms with E-state index in [4.69, 9.17) is 10.5 Å². The molecule has 21 heavy (non-hydrogen) atoms. The molecule has 0 bridgehead atoms. The van der Waals surface area contributed by atoms with Crippen LogP contribution in [0.3, 0.4) is 0 Å². The maximum absolute atomic E-state index is 13.8. The molecule has 0 aromatic heterocycles. The number of carbonyl (C=O) groups excluding carboxylic acids is 1. The Morgan fingerprint density at radius 1 is 1.43 bits per heavy atom. The molecule has 0 spiro atoms. The van der Waals surface area contributed by atoms with Crippen molar-refractivity contribution < 1.29 is 13.9 Å². The van der Waals surface area contributed by atoms with E-state index in [2.05, 4.69) is 0 Å². The molecule has 2 rings (SSSR count). The number of nitrogens with two attached hydrogens (primary N) is 1. The van der Waals surface area contributed by atoms with Crippen LogP contribution in [0.5, 0.6) is 0 Å². The standard InChI is InChI=1S/C16H23FN2O2/c1-16(2,3)14(18)15(20)19-8-9-21-13(10-19)11-6-4-5-7-12(11)17/h4-7,13-14H,8-10,18H2,1-3H3/t13?,14-/m1/s1. The SMILES string of the molecule is CC(C)(C)[C@H](N)C(=O)N1CCOC(c2ccccc2F)C1. The molecule has 5 heteroatoms. The molecule has 1 amide bonds. The summed E-state index contributed by atoms with van der Waals surface area (Å²) in [4.78, 5) is 14.1. The lowest BCUT2D eigenvalue weighted by Gasteiger charge is -2.37. The average molecular weight is 294 g/mol. The molecule has 2 N–H and O–H groups in total. The van der Waals surface area contributed by atoms with Gasteiger partial charge >= 0.3 is 0 Å². The van der Waals surface area contributed by atoms with Gasteiger partial charge in [0.15, 0.2) is 0 Å². The zero-order valence-electron chi connectivity index (χ0n) is 12.8. The van der Waals surface area contributed by atoms with E-state index in [9.17, 15) is 9.18 Å². The number of hydrogen-bond acceptors (Lipinski definition) is 3. The van der Waals surface area contributed by atoms with Gasteiger partial charge in [-0.3, -0.25) is 4.79 Å². The molecule has 2 atom stereocenters. The number of benzene rings is 1. The van der Waals surface area contributed by atoms with Crippen molar-refractivity contribution in [1.82, 2.24) is 4.90 Å². The van der Waals surface area contributed by atoms with Gasteiger partial charge in [-0.25, -0.2) is 4.39 Å². The number of carbonyl (C=O) groups is 1. The number of ether oxygens (including phenoxy) is 1. The average Bonchev–Trinajstić information content (AvgIpc) is 2.45. The summed E-state index contributed by atoms with van der Waals surface area (Å²) >= 11 is 0. The van der Waals surface area contributed by atoms with Gasteiger partial charge in [0.05, 0.1) is 19.2 Å². The highest BCUT2D eigenvalue weighted by Crippen LogP contribution is 2.26. The second-order valence-electron chi connectivity index (χ2n) is 6.51. The summed E-state index contributed by atoms with van der Waals surface area (Å²) in [5, 5.41) is 0. The van der Waals surface area contributed by atoms with E-state index in [1.54, 1.807) is 23.1 Å². The molecule has 1 aliphatic heterocycles. The quantitative estimate of drug-likeness (QED) is 0.909. The first-order valence-electron chi connectivity index (χ1n) is 7.21. The van der Waals surface area contributed by atoms with Crippen molar-refractivity contribution in [3.8, 4) is 0 Å². The van der Waals surface area contributed by atoms with Crippen molar-refractivity contribution in [3.05, 3.63) is 35.6 Å². The fraction of sp³-hybridized carbons (Fsp3) is 0.562. The Hall–Kier alpha value is -1.46. The molecule has 1 aromatic rings. The minimum atomic E-state index is -0.572. The van der Waals surface area contributed by atoms with E-state index < -0.39 is 12.1 Å². The molecule has 116 valence electrons. The van der Waals surface area contributed by atoms with Gasteiger partial charge in [0.25, 0.3) is 0 Å². The van der Waals surface area contributed by atoms with Crippen LogP contribution >= 0.6 is 0 Å². The van der Waals surface area contributed by atoms with Crippen molar-refractivity contribution in [2.24, 2.45) is 11.1 Å². The predicted octanol–water partition coefficient (Wildman–Crippen LogP) is 2.10.